The Bertz CT molecular complexity index is 2540. The second kappa shape index (κ2) is 23.1. The zero-order valence-electron chi connectivity index (χ0n) is 40.8. The van der Waals surface area contributed by atoms with Gasteiger partial charge >= 0.3 is 18.0 Å². The number of hydrogen-bond acceptors (Lipinski definition) is 11. The van der Waals surface area contributed by atoms with Gasteiger partial charge in [0.1, 0.15) is 11.1 Å². The molecule has 0 aromatic heterocycles. The number of alkyl carbamates (subject to hydrolysis) is 1. The molecule has 2 spiro atoms. The fourth-order valence-corrected chi connectivity index (χ4v) is 9.30. The normalized spacial score (nSPS) is 21.8. The molecule has 2 saturated carbocycles. The van der Waals surface area contributed by atoms with Crippen molar-refractivity contribution in [1.82, 2.24) is 5.32 Å². The van der Waals surface area contributed by atoms with E-state index in [0.717, 1.165) is 62.9 Å². The number of rotatable bonds is 11. The van der Waals surface area contributed by atoms with Crippen molar-refractivity contribution in [2.45, 2.75) is 143 Å². The van der Waals surface area contributed by atoms with Gasteiger partial charge in [-0.25, -0.2) is 24.2 Å². The van der Waals surface area contributed by atoms with Crippen molar-refractivity contribution >= 4 is 35.3 Å². The molecule has 2 N–H and O–H groups in total. The van der Waals surface area contributed by atoms with E-state index in [-0.39, 0.29) is 18.0 Å². The molecule has 0 atom stereocenters. The lowest BCUT2D eigenvalue weighted by molar-refractivity contribution is -0.153. The van der Waals surface area contributed by atoms with Crippen LogP contribution >= 0.6 is 0 Å². The molecule has 2 heterocycles. The monoisotopic (exact) mass is 926 g/mol. The predicted molar refractivity (Wildman–Crippen MR) is 261 cm³/mol. The number of nitrogens with zero attached hydrogens (tertiary/aromatic N) is 1. The van der Waals surface area contributed by atoms with Crippen LogP contribution in [0, 0.1) is 41.5 Å². The maximum Gasteiger partial charge on any atom is 0.412 e. The number of aliphatic hydroxyl groups is 1. The van der Waals surface area contributed by atoms with Crippen LogP contribution in [0.3, 0.4) is 0 Å². The maximum atomic E-state index is 13.2. The summed E-state index contributed by atoms with van der Waals surface area (Å²) in [6.07, 6.45) is 6.16. The minimum atomic E-state index is -0.949. The van der Waals surface area contributed by atoms with Gasteiger partial charge in [-0.05, 0) is 162 Å². The van der Waals surface area contributed by atoms with Gasteiger partial charge in [0.2, 0.25) is 6.08 Å². The van der Waals surface area contributed by atoms with Crippen LogP contribution in [0.1, 0.15) is 121 Å². The molecule has 0 saturated heterocycles. The van der Waals surface area contributed by atoms with Gasteiger partial charge in [0.15, 0.2) is 22.7 Å². The van der Waals surface area contributed by atoms with Crippen molar-refractivity contribution in [3.63, 3.8) is 0 Å². The summed E-state index contributed by atoms with van der Waals surface area (Å²) in [5.74, 6) is -0.432. The van der Waals surface area contributed by atoms with Crippen molar-refractivity contribution in [3.8, 4) is 0 Å². The van der Waals surface area contributed by atoms with Gasteiger partial charge < -0.3 is 34.1 Å². The molecule has 2 aliphatic carbocycles. The molecule has 2 fully saturated rings. The van der Waals surface area contributed by atoms with Crippen molar-refractivity contribution < 1.29 is 48.0 Å². The van der Waals surface area contributed by atoms with Crippen LogP contribution in [0.2, 0.25) is 0 Å². The minimum Gasteiger partial charge on any atom is -0.507 e. The smallest absolute Gasteiger partial charge is 0.412 e. The molecule has 1 amide bonds. The number of nitrogens with one attached hydrogen (secondary N) is 1. The van der Waals surface area contributed by atoms with Crippen LogP contribution in [-0.4, -0.2) is 65.7 Å². The first-order valence-electron chi connectivity index (χ1n) is 23.8. The number of carbonyl (C=O) groups is 3. The number of hydrogen-bond donors (Lipinski definition) is 2. The molecule has 12 heteroatoms. The lowest BCUT2D eigenvalue weighted by atomic mass is 9.80. The van der Waals surface area contributed by atoms with E-state index in [9.17, 15) is 19.5 Å². The summed E-state index contributed by atoms with van der Waals surface area (Å²) in [6, 6.07) is 28.2. The summed E-state index contributed by atoms with van der Waals surface area (Å²) in [7, 11) is 0. The number of aliphatic hydroxyl groups excluding tert-OH is 1. The van der Waals surface area contributed by atoms with Gasteiger partial charge in [-0.3, -0.25) is 0 Å². The number of benzene rings is 4. The average Bonchev–Trinajstić information content (AvgIpc) is 3.72. The number of isocyanates is 1. The number of amides is 1. The topological polar surface area (TPSA) is 159 Å². The van der Waals surface area contributed by atoms with E-state index < -0.39 is 29.2 Å². The van der Waals surface area contributed by atoms with Gasteiger partial charge in [-0.15, -0.1) is 0 Å². The van der Waals surface area contributed by atoms with Crippen molar-refractivity contribution in [2.75, 3.05) is 13.1 Å². The Morgan fingerprint density at radius 2 is 1.09 bits per heavy atom. The second-order valence-corrected chi connectivity index (χ2v) is 18.2. The Kier molecular flexibility index (Phi) is 17.4. The summed E-state index contributed by atoms with van der Waals surface area (Å²) >= 11 is 0. The van der Waals surface area contributed by atoms with Crippen LogP contribution in [0.15, 0.2) is 101 Å². The van der Waals surface area contributed by atoms with E-state index in [0.29, 0.717) is 81.7 Å². The van der Waals surface area contributed by atoms with E-state index in [2.05, 4.69) is 28.5 Å². The fourth-order valence-electron chi connectivity index (χ4n) is 9.30. The maximum absolute atomic E-state index is 13.2. The van der Waals surface area contributed by atoms with Gasteiger partial charge in [0.25, 0.3) is 0 Å². The quantitative estimate of drug-likeness (QED) is 0.0641. The molecule has 360 valence electrons. The van der Waals surface area contributed by atoms with Gasteiger partial charge in [0.05, 0.1) is 25.4 Å². The van der Waals surface area contributed by atoms with Crippen LogP contribution in [0.25, 0.3) is 11.1 Å². The van der Waals surface area contributed by atoms with Crippen LogP contribution in [0.5, 0.6) is 0 Å². The van der Waals surface area contributed by atoms with Crippen molar-refractivity contribution in [1.29, 1.82) is 0 Å². The zero-order chi connectivity index (χ0) is 49.0. The first-order valence-corrected chi connectivity index (χ1v) is 23.8. The standard InChI is InChI=1S/C28H33NO5.C25H28O4.C3H5NO/c1-5-29-27(31)33-25-24(23-16-19(3)18(2)15-20(23)4)26(30)34-28(25)13-11-22(12-14-28)32-17-21-9-7-6-8-10-21;1-16-13-18(3)21(14-17(16)2)22-23(26)25(29-24(22)27)11-9-20(10-12-25)28-15-19-7-5-4-6-8-19;1-2-4-3-5/h6-10,15-16,22H,5,11-14,17H2,1-4H3,(H,29,31);4-8,13-14,20,26H,9-12,15H2,1-3H3;2H2,1H3. The van der Waals surface area contributed by atoms with E-state index in [1.54, 1.807) is 6.92 Å². The number of esters is 2. The van der Waals surface area contributed by atoms with E-state index in [1.807, 2.05) is 115 Å². The summed E-state index contributed by atoms with van der Waals surface area (Å²) in [6.45, 7) is 17.7. The molecule has 0 bridgehead atoms. The highest BCUT2D eigenvalue weighted by atomic mass is 16.6. The van der Waals surface area contributed by atoms with Gasteiger partial charge in [0, 0.05) is 13.1 Å². The lowest BCUT2D eigenvalue weighted by Crippen LogP contribution is -2.41. The zero-order valence-corrected chi connectivity index (χ0v) is 40.8. The Morgan fingerprint density at radius 3 is 1.53 bits per heavy atom. The van der Waals surface area contributed by atoms with E-state index in [1.165, 1.54) is 11.6 Å². The molecule has 4 aromatic rings. The molecular weight excluding hydrogens is 861 g/mol. The Hall–Kier alpha value is -6.33. The molecular formula is C56H66N2O10. The van der Waals surface area contributed by atoms with Crippen LogP contribution in [0.4, 0.5) is 4.79 Å². The lowest BCUT2D eigenvalue weighted by Gasteiger charge is -2.36. The van der Waals surface area contributed by atoms with Crippen molar-refractivity contribution in [3.05, 3.63) is 152 Å². The first kappa shape index (κ1) is 51.1. The Balaban J connectivity index is 0.000000206. The summed E-state index contributed by atoms with van der Waals surface area (Å²) < 4.78 is 29.8. The summed E-state index contributed by atoms with van der Waals surface area (Å²) in [5.41, 5.74) is 9.04. The largest absolute Gasteiger partial charge is 0.507 e. The van der Waals surface area contributed by atoms with Gasteiger partial charge in [-0.1, -0.05) is 84.9 Å². The number of ether oxygens (including phenoxy) is 5. The third-order valence-electron chi connectivity index (χ3n) is 13.4. The SMILES string of the molecule is CCN=C=O.CCNC(=O)OC1=C(c2cc(C)c(C)cc2C)C(=O)OC12CCC(OCc1ccccc1)CC2.Cc1cc(C)c(C2=C(O)C3(CCC(OCc4ccccc4)CC3)OC2=O)cc1C. The second-order valence-electron chi connectivity index (χ2n) is 18.2. The van der Waals surface area contributed by atoms with E-state index in [4.69, 9.17) is 28.5 Å². The first-order chi connectivity index (χ1) is 32.6. The highest BCUT2D eigenvalue weighted by molar-refractivity contribution is 6.21. The van der Waals surface area contributed by atoms with Crippen molar-refractivity contribution in [2.24, 2.45) is 4.99 Å². The third-order valence-corrected chi connectivity index (χ3v) is 13.4. The number of aryl methyl sites for hydroxylation is 6. The molecule has 2 aliphatic heterocycles. The molecule has 12 nitrogen and oxygen atoms in total. The Morgan fingerprint density at radius 1 is 0.662 bits per heavy atom. The molecule has 0 radical (unpaired) electrons. The summed E-state index contributed by atoms with van der Waals surface area (Å²) in [4.78, 5) is 50.7. The molecule has 4 aliphatic rings. The minimum absolute atomic E-state index is 0.0580. The molecule has 0 unspecified atom stereocenters. The average molecular weight is 927 g/mol. The summed E-state index contributed by atoms with van der Waals surface area (Å²) in [5, 5.41) is 13.7. The van der Waals surface area contributed by atoms with Gasteiger partial charge in [-0.2, -0.15) is 0 Å². The van der Waals surface area contributed by atoms with E-state index >= 15 is 0 Å². The number of aliphatic imine (C=N–C) groups is 1. The Labute approximate surface area is 400 Å². The molecule has 4 aromatic carbocycles. The predicted octanol–water partition coefficient (Wildman–Crippen LogP) is 11.2. The highest BCUT2D eigenvalue weighted by Gasteiger charge is 2.53. The number of carbonyl (C=O) groups excluding carboxylic acids is 4. The fraction of sp³-hybridized carbons (Fsp3) is 0.429. The molecule has 68 heavy (non-hydrogen) atoms. The highest BCUT2D eigenvalue weighted by Crippen LogP contribution is 2.49. The van der Waals surface area contributed by atoms with Crippen LogP contribution < -0.4 is 5.32 Å². The third kappa shape index (κ3) is 12.0. The molecule has 8 rings (SSSR count). The van der Waals surface area contributed by atoms with Crippen LogP contribution in [-0.2, 0) is 51.3 Å².